The van der Waals surface area contributed by atoms with E-state index in [-0.39, 0.29) is 35.5 Å². The quantitative estimate of drug-likeness (QED) is 0.608. The average Bonchev–Trinajstić information content (AvgIpc) is 3.25. The van der Waals surface area contributed by atoms with Crippen LogP contribution in [0.25, 0.3) is 22.4 Å². The zero-order chi connectivity index (χ0) is 21.8. The highest BCUT2D eigenvalue weighted by Crippen LogP contribution is 2.47. The van der Waals surface area contributed by atoms with Gasteiger partial charge in [-0.2, -0.15) is 0 Å². The van der Waals surface area contributed by atoms with E-state index in [0.717, 1.165) is 31.7 Å². The normalized spacial score (nSPS) is 28.3. The van der Waals surface area contributed by atoms with E-state index in [1.165, 1.54) is 6.07 Å². The molecule has 31 heavy (non-hydrogen) atoms. The molecule has 5 rings (SSSR count). The summed E-state index contributed by atoms with van der Waals surface area (Å²) < 4.78 is 34.0. The smallest absolute Gasteiger partial charge is 0.309 e. The number of fused-ring (bicyclic) bond motifs is 1. The first-order chi connectivity index (χ1) is 14.9. The van der Waals surface area contributed by atoms with Crippen LogP contribution in [0.1, 0.15) is 39.5 Å². The fourth-order valence-corrected chi connectivity index (χ4v) is 4.90. The second-order valence-electron chi connectivity index (χ2n) is 8.64. The number of pyridine rings is 1. The Hall–Kier alpha value is -3.10. The SMILES string of the molecule is CC1C(=O)O[C@]2(CCC[C@H](Nc3nc(-c4c[nH]c5ncc(F)cc45)ncc3F)C2)[C@H]1C. The lowest BCUT2D eigenvalue weighted by Crippen LogP contribution is -2.44. The number of esters is 1. The maximum absolute atomic E-state index is 14.6. The third-order valence-electron chi connectivity index (χ3n) is 6.82. The molecule has 1 spiro atoms. The number of anilines is 1. The fourth-order valence-electron chi connectivity index (χ4n) is 4.90. The van der Waals surface area contributed by atoms with E-state index in [2.05, 4.69) is 25.3 Å². The zero-order valence-electron chi connectivity index (χ0n) is 17.3. The highest BCUT2D eigenvalue weighted by molar-refractivity contribution is 5.91. The van der Waals surface area contributed by atoms with E-state index in [0.29, 0.717) is 23.0 Å². The summed E-state index contributed by atoms with van der Waals surface area (Å²) in [6.07, 6.45) is 6.97. The molecule has 7 nitrogen and oxygen atoms in total. The van der Waals surface area contributed by atoms with Gasteiger partial charge < -0.3 is 15.0 Å². The van der Waals surface area contributed by atoms with Gasteiger partial charge in [-0.1, -0.05) is 13.8 Å². The van der Waals surface area contributed by atoms with E-state index >= 15 is 0 Å². The molecule has 9 heteroatoms. The van der Waals surface area contributed by atoms with Crippen LogP contribution in [0, 0.1) is 23.5 Å². The third-order valence-corrected chi connectivity index (χ3v) is 6.82. The van der Waals surface area contributed by atoms with Crippen LogP contribution in [0.3, 0.4) is 0 Å². The molecule has 0 aromatic carbocycles. The summed E-state index contributed by atoms with van der Waals surface area (Å²) >= 11 is 0. The maximum atomic E-state index is 14.6. The molecule has 2 fully saturated rings. The molecule has 162 valence electrons. The Morgan fingerprint density at radius 1 is 1.26 bits per heavy atom. The van der Waals surface area contributed by atoms with E-state index in [1.54, 1.807) is 6.20 Å². The van der Waals surface area contributed by atoms with Gasteiger partial charge >= 0.3 is 5.97 Å². The summed E-state index contributed by atoms with van der Waals surface area (Å²) in [4.78, 5) is 27.6. The van der Waals surface area contributed by atoms with Crippen LogP contribution >= 0.6 is 0 Å². The number of H-pyrrole nitrogens is 1. The first kappa shape index (κ1) is 19.8. The standard InChI is InChI=1S/C22H23F2N5O2/c1-11-12(2)22(31-21(11)30)5-3-4-14(7-22)28-20-17(24)10-27-19(29-20)16-9-26-18-15(16)6-13(23)8-25-18/h6,8-12,14H,3-5,7H2,1-2H3,(H,25,26)(H,27,28,29)/t11?,12-,14-,22-/m0/s1. The molecule has 1 aliphatic carbocycles. The predicted molar refractivity (Wildman–Crippen MR) is 110 cm³/mol. The number of halogens is 2. The average molecular weight is 427 g/mol. The topological polar surface area (TPSA) is 92.8 Å². The molecule has 1 saturated carbocycles. The number of aromatic nitrogens is 4. The van der Waals surface area contributed by atoms with Crippen molar-refractivity contribution in [3.05, 3.63) is 36.3 Å². The van der Waals surface area contributed by atoms with E-state index in [4.69, 9.17) is 4.74 Å². The first-order valence-corrected chi connectivity index (χ1v) is 10.5. The number of nitrogens with zero attached hydrogens (tertiary/aromatic N) is 3. The molecule has 4 atom stereocenters. The summed E-state index contributed by atoms with van der Waals surface area (Å²) in [6, 6.07) is 1.25. The van der Waals surface area contributed by atoms with Crippen molar-refractivity contribution >= 4 is 22.8 Å². The van der Waals surface area contributed by atoms with Crippen LogP contribution in [0.2, 0.25) is 0 Å². The Morgan fingerprint density at radius 2 is 2.10 bits per heavy atom. The van der Waals surface area contributed by atoms with Gasteiger partial charge in [0.2, 0.25) is 0 Å². The molecule has 1 unspecified atom stereocenters. The Kier molecular flexibility index (Phi) is 4.64. The number of ether oxygens (including phenoxy) is 1. The largest absolute Gasteiger partial charge is 0.458 e. The lowest BCUT2D eigenvalue weighted by Gasteiger charge is -2.40. The molecular formula is C22H23F2N5O2. The molecule has 0 radical (unpaired) electrons. The van der Waals surface area contributed by atoms with Crippen molar-refractivity contribution in [1.82, 2.24) is 19.9 Å². The minimum atomic E-state index is -0.572. The first-order valence-electron chi connectivity index (χ1n) is 10.5. The van der Waals surface area contributed by atoms with Gasteiger partial charge in [-0.25, -0.2) is 23.7 Å². The summed E-state index contributed by atoms with van der Waals surface area (Å²) in [5.41, 5.74) is 0.523. The van der Waals surface area contributed by atoms with E-state index < -0.39 is 17.2 Å². The van der Waals surface area contributed by atoms with Gasteiger partial charge in [0.15, 0.2) is 17.5 Å². The number of carbonyl (C=O) groups is 1. The van der Waals surface area contributed by atoms with Crippen LogP contribution < -0.4 is 5.32 Å². The predicted octanol–water partition coefficient (Wildman–Crippen LogP) is 4.22. The van der Waals surface area contributed by atoms with Crippen LogP contribution in [-0.2, 0) is 9.53 Å². The Morgan fingerprint density at radius 3 is 2.87 bits per heavy atom. The Labute approximate surface area is 177 Å². The molecule has 3 aromatic heterocycles. The van der Waals surface area contributed by atoms with Crippen LogP contribution in [0.4, 0.5) is 14.6 Å². The summed E-state index contributed by atoms with van der Waals surface area (Å²) in [7, 11) is 0. The van der Waals surface area contributed by atoms with Gasteiger partial charge in [0.1, 0.15) is 17.1 Å². The van der Waals surface area contributed by atoms with Crippen LogP contribution in [0.5, 0.6) is 0 Å². The van der Waals surface area contributed by atoms with Crippen molar-refractivity contribution < 1.29 is 18.3 Å². The van der Waals surface area contributed by atoms with Gasteiger partial charge in [-0.05, 0) is 25.3 Å². The second-order valence-corrected chi connectivity index (χ2v) is 8.64. The van der Waals surface area contributed by atoms with E-state index in [1.807, 2.05) is 13.8 Å². The maximum Gasteiger partial charge on any atom is 0.309 e. The van der Waals surface area contributed by atoms with Crippen molar-refractivity contribution in [2.24, 2.45) is 11.8 Å². The fraction of sp³-hybridized carbons (Fsp3) is 0.455. The van der Waals surface area contributed by atoms with Crippen molar-refractivity contribution in [3.63, 3.8) is 0 Å². The molecule has 2 N–H and O–H groups in total. The lowest BCUT2D eigenvalue weighted by atomic mass is 9.72. The van der Waals surface area contributed by atoms with Gasteiger partial charge in [-0.15, -0.1) is 0 Å². The molecule has 1 saturated heterocycles. The van der Waals surface area contributed by atoms with Gasteiger partial charge in [0, 0.05) is 35.5 Å². The number of hydrogen-bond donors (Lipinski definition) is 2. The summed E-state index contributed by atoms with van der Waals surface area (Å²) in [5.74, 6) is -0.906. The van der Waals surface area contributed by atoms with Crippen molar-refractivity contribution in [2.45, 2.75) is 51.2 Å². The highest BCUT2D eigenvalue weighted by Gasteiger charge is 2.53. The zero-order valence-corrected chi connectivity index (χ0v) is 17.3. The van der Waals surface area contributed by atoms with Crippen molar-refractivity contribution in [1.29, 1.82) is 0 Å². The van der Waals surface area contributed by atoms with Gasteiger partial charge in [-0.3, -0.25) is 4.79 Å². The molecule has 3 aromatic rings. The van der Waals surface area contributed by atoms with Crippen molar-refractivity contribution in [2.75, 3.05) is 5.32 Å². The highest BCUT2D eigenvalue weighted by atomic mass is 19.1. The molecule has 0 amide bonds. The lowest BCUT2D eigenvalue weighted by molar-refractivity contribution is -0.153. The minimum Gasteiger partial charge on any atom is -0.458 e. The molecule has 1 aliphatic heterocycles. The number of hydrogen-bond acceptors (Lipinski definition) is 6. The van der Waals surface area contributed by atoms with Crippen molar-refractivity contribution in [3.8, 4) is 11.4 Å². The number of aromatic amines is 1. The summed E-state index contributed by atoms with van der Waals surface area (Å²) in [6.45, 7) is 3.94. The third kappa shape index (κ3) is 3.32. The van der Waals surface area contributed by atoms with E-state index in [9.17, 15) is 13.6 Å². The number of carbonyl (C=O) groups excluding carboxylic acids is 1. The van der Waals surface area contributed by atoms with Gasteiger partial charge in [0.05, 0.1) is 18.3 Å². The van der Waals surface area contributed by atoms with Crippen LogP contribution in [0.15, 0.2) is 24.7 Å². The summed E-state index contributed by atoms with van der Waals surface area (Å²) in [5, 5.41) is 3.72. The minimum absolute atomic E-state index is 0.0794. The number of nitrogens with one attached hydrogen (secondary N) is 2. The molecule has 0 bridgehead atoms. The Bertz CT molecular complexity index is 1170. The van der Waals surface area contributed by atoms with Crippen LogP contribution in [-0.4, -0.2) is 37.5 Å². The molecular weight excluding hydrogens is 404 g/mol. The van der Waals surface area contributed by atoms with Gasteiger partial charge in [0.25, 0.3) is 0 Å². The monoisotopic (exact) mass is 427 g/mol. The molecule has 2 aliphatic rings. The number of rotatable bonds is 3. The molecule has 4 heterocycles. The second kappa shape index (κ2) is 7.25. The Balaban J connectivity index is 1.42.